The minimum atomic E-state index is -1.27. The van der Waals surface area contributed by atoms with Gasteiger partial charge in [-0.1, -0.05) is 65.3 Å². The summed E-state index contributed by atoms with van der Waals surface area (Å²) in [4.78, 5) is 44.1. The molecule has 8 nitrogen and oxygen atoms in total. The largest absolute Gasteiger partial charge is 0.461 e. The number of aliphatic hydroxyl groups excluding tert-OH is 1. The molecule has 3 fully saturated rings. The third-order valence-electron chi connectivity index (χ3n) is 7.37. The van der Waals surface area contributed by atoms with E-state index in [1.165, 1.54) is 15.9 Å². The third kappa shape index (κ3) is 4.10. The second-order valence-electron chi connectivity index (χ2n) is 9.26. The number of aliphatic hydroxyl groups is 1. The van der Waals surface area contributed by atoms with E-state index in [4.69, 9.17) is 21.1 Å². The standard InChI is InChI=1S/C26H30BrClN2O6/c1-4-11-29(18-10-8-7-9-17(18)28)24(33)22-26-13-16(27)21(36-26)19(25(34)35-12-5-2)20(26)23(32)30(22)15(6-3)14-31/h4-5,7-10,15-16,19-22,31H,1-2,6,11-14H2,3H3/t15-,16?,19-,20-,21-,22?,26?/m0/s1. The van der Waals surface area contributed by atoms with Crippen molar-refractivity contribution in [1.29, 1.82) is 0 Å². The van der Waals surface area contributed by atoms with Crippen LogP contribution in [0.3, 0.4) is 0 Å². The van der Waals surface area contributed by atoms with Gasteiger partial charge < -0.3 is 24.4 Å². The van der Waals surface area contributed by atoms with Crippen molar-refractivity contribution in [3.05, 3.63) is 54.6 Å². The molecule has 194 valence electrons. The summed E-state index contributed by atoms with van der Waals surface area (Å²) < 4.78 is 11.8. The summed E-state index contributed by atoms with van der Waals surface area (Å²) in [6.45, 7) is 9.01. The molecule has 3 aliphatic rings. The first-order chi connectivity index (χ1) is 17.3. The Hall–Kier alpha value is -2.20. The van der Waals surface area contributed by atoms with Gasteiger partial charge in [0.05, 0.1) is 41.3 Å². The Morgan fingerprint density at radius 3 is 2.72 bits per heavy atom. The van der Waals surface area contributed by atoms with E-state index < -0.39 is 53.4 Å². The molecule has 0 saturated carbocycles. The Labute approximate surface area is 224 Å². The van der Waals surface area contributed by atoms with Gasteiger partial charge in [0.1, 0.15) is 18.2 Å². The number of carbonyl (C=O) groups is 3. The Bertz CT molecular complexity index is 1060. The van der Waals surface area contributed by atoms with Crippen LogP contribution in [0.1, 0.15) is 19.8 Å². The number of rotatable bonds is 10. The van der Waals surface area contributed by atoms with Crippen LogP contribution < -0.4 is 4.90 Å². The highest BCUT2D eigenvalue weighted by Crippen LogP contribution is 2.61. The topological polar surface area (TPSA) is 96.4 Å². The highest BCUT2D eigenvalue weighted by atomic mass is 79.9. The number of para-hydroxylation sites is 1. The number of hydrogen-bond donors (Lipinski definition) is 1. The average Bonchev–Trinajstić information content (AvgIpc) is 3.46. The van der Waals surface area contributed by atoms with Crippen molar-refractivity contribution in [3.8, 4) is 0 Å². The van der Waals surface area contributed by atoms with Gasteiger partial charge in [-0.3, -0.25) is 14.4 Å². The number of anilines is 1. The molecule has 0 aromatic heterocycles. The molecule has 36 heavy (non-hydrogen) atoms. The highest BCUT2D eigenvalue weighted by Gasteiger charge is 2.77. The molecule has 2 bridgehead atoms. The lowest BCUT2D eigenvalue weighted by Gasteiger charge is -2.39. The number of nitrogens with zero attached hydrogens (tertiary/aromatic N) is 2. The molecule has 1 spiro atoms. The van der Waals surface area contributed by atoms with E-state index in [1.54, 1.807) is 30.3 Å². The molecule has 1 aromatic rings. The van der Waals surface area contributed by atoms with Gasteiger partial charge in [0.2, 0.25) is 5.91 Å². The van der Waals surface area contributed by atoms with E-state index in [0.717, 1.165) is 0 Å². The minimum Gasteiger partial charge on any atom is -0.461 e. The number of hydrogen-bond acceptors (Lipinski definition) is 6. The minimum absolute atomic E-state index is 0.00281. The van der Waals surface area contributed by atoms with Crippen LogP contribution in [0, 0.1) is 11.8 Å². The molecule has 1 N–H and O–H groups in total. The molecule has 4 rings (SSSR count). The monoisotopic (exact) mass is 580 g/mol. The molecule has 7 atom stereocenters. The second-order valence-corrected chi connectivity index (χ2v) is 10.8. The fourth-order valence-electron chi connectivity index (χ4n) is 5.91. The van der Waals surface area contributed by atoms with E-state index in [0.29, 0.717) is 23.6 Å². The van der Waals surface area contributed by atoms with Crippen LogP contribution in [0.5, 0.6) is 0 Å². The van der Waals surface area contributed by atoms with Crippen LogP contribution in [-0.4, -0.2) is 76.2 Å². The first-order valence-corrected chi connectivity index (χ1v) is 13.3. The molecule has 1 aromatic carbocycles. The van der Waals surface area contributed by atoms with Gasteiger partial charge in [0.15, 0.2) is 0 Å². The fourth-order valence-corrected chi connectivity index (χ4v) is 7.10. The van der Waals surface area contributed by atoms with Gasteiger partial charge in [-0.15, -0.1) is 6.58 Å². The molecule has 10 heteroatoms. The van der Waals surface area contributed by atoms with Gasteiger partial charge in [0.25, 0.3) is 5.91 Å². The summed E-state index contributed by atoms with van der Waals surface area (Å²) in [5, 5.41) is 10.5. The SMILES string of the molecule is C=CCOC(=O)[C@H]1[C@H]2C(=O)N([C@@H](CC)CO)C(C(=O)N(CC=C)c3ccccc3Cl)C23CC(Br)[C@@H]1O3. The van der Waals surface area contributed by atoms with Crippen LogP contribution in [0.25, 0.3) is 0 Å². The van der Waals surface area contributed by atoms with Crippen molar-refractivity contribution in [2.45, 2.75) is 48.4 Å². The summed E-state index contributed by atoms with van der Waals surface area (Å²) in [7, 11) is 0. The van der Waals surface area contributed by atoms with Crippen molar-refractivity contribution in [1.82, 2.24) is 4.90 Å². The number of likely N-dealkylation sites (tertiary alicyclic amines) is 1. The molecule has 3 aliphatic heterocycles. The lowest BCUT2D eigenvalue weighted by Crippen LogP contribution is -2.59. The van der Waals surface area contributed by atoms with Crippen LogP contribution >= 0.6 is 27.5 Å². The Morgan fingerprint density at radius 1 is 1.39 bits per heavy atom. The Morgan fingerprint density at radius 2 is 2.11 bits per heavy atom. The van der Waals surface area contributed by atoms with Gasteiger partial charge in [-0.25, -0.2) is 0 Å². The fraction of sp³-hybridized carbons (Fsp3) is 0.500. The molecule has 3 heterocycles. The average molecular weight is 582 g/mol. The molecule has 2 amide bonds. The summed E-state index contributed by atoms with van der Waals surface area (Å²) in [5.74, 6) is -3.18. The van der Waals surface area contributed by atoms with Crippen LogP contribution in [0.2, 0.25) is 5.02 Å². The van der Waals surface area contributed by atoms with Crippen LogP contribution in [0.15, 0.2) is 49.6 Å². The molecular formula is C26H30BrClN2O6. The molecule has 0 aliphatic carbocycles. The normalized spacial score (nSPS) is 31.2. The zero-order valence-corrected chi connectivity index (χ0v) is 22.4. The maximum Gasteiger partial charge on any atom is 0.312 e. The number of carbonyl (C=O) groups excluding carboxylic acids is 3. The first-order valence-electron chi connectivity index (χ1n) is 12.0. The van der Waals surface area contributed by atoms with E-state index in [-0.39, 0.29) is 24.6 Å². The smallest absolute Gasteiger partial charge is 0.312 e. The third-order valence-corrected chi connectivity index (χ3v) is 8.54. The van der Waals surface area contributed by atoms with E-state index in [1.807, 2.05) is 6.92 Å². The summed E-state index contributed by atoms with van der Waals surface area (Å²) in [6, 6.07) is 5.22. The van der Waals surface area contributed by atoms with E-state index in [9.17, 15) is 19.5 Å². The lowest BCUT2D eigenvalue weighted by molar-refractivity contribution is -0.154. The first kappa shape index (κ1) is 26.9. The molecule has 3 saturated heterocycles. The van der Waals surface area contributed by atoms with Gasteiger partial charge in [-0.05, 0) is 25.0 Å². The van der Waals surface area contributed by atoms with Gasteiger partial charge in [0, 0.05) is 11.4 Å². The summed E-state index contributed by atoms with van der Waals surface area (Å²) in [5.41, 5.74) is -0.799. The maximum absolute atomic E-state index is 14.4. The van der Waals surface area contributed by atoms with Crippen molar-refractivity contribution < 1.29 is 29.0 Å². The van der Waals surface area contributed by atoms with Gasteiger partial charge >= 0.3 is 5.97 Å². The summed E-state index contributed by atoms with van der Waals surface area (Å²) in [6.07, 6.45) is 3.17. The van der Waals surface area contributed by atoms with Crippen molar-refractivity contribution >= 4 is 51.0 Å². The molecule has 3 unspecified atom stereocenters. The predicted octanol–water partition coefficient (Wildman–Crippen LogP) is 3.11. The predicted molar refractivity (Wildman–Crippen MR) is 139 cm³/mol. The van der Waals surface area contributed by atoms with Crippen molar-refractivity contribution in [2.24, 2.45) is 11.8 Å². The van der Waals surface area contributed by atoms with Gasteiger partial charge in [-0.2, -0.15) is 0 Å². The summed E-state index contributed by atoms with van der Waals surface area (Å²) >= 11 is 10.1. The van der Waals surface area contributed by atoms with Crippen LogP contribution in [-0.2, 0) is 23.9 Å². The number of benzene rings is 1. The molecular weight excluding hydrogens is 552 g/mol. The Kier molecular flexibility index (Phi) is 7.95. The second kappa shape index (κ2) is 10.7. The number of ether oxygens (including phenoxy) is 2. The number of alkyl halides is 1. The lowest BCUT2D eigenvalue weighted by atomic mass is 9.70. The molecule has 0 radical (unpaired) electrons. The van der Waals surface area contributed by atoms with Crippen molar-refractivity contribution in [3.63, 3.8) is 0 Å². The van der Waals surface area contributed by atoms with E-state index >= 15 is 0 Å². The quantitative estimate of drug-likeness (QED) is 0.259. The maximum atomic E-state index is 14.4. The number of halogens is 2. The number of esters is 1. The zero-order valence-electron chi connectivity index (χ0n) is 20.0. The highest BCUT2D eigenvalue weighted by molar-refractivity contribution is 9.09. The van der Waals surface area contributed by atoms with E-state index in [2.05, 4.69) is 29.1 Å². The van der Waals surface area contributed by atoms with Crippen molar-refractivity contribution in [2.75, 3.05) is 24.7 Å². The Balaban J connectivity index is 1.84. The van der Waals surface area contributed by atoms with Crippen LogP contribution in [0.4, 0.5) is 5.69 Å². The zero-order chi connectivity index (χ0) is 26.2. The number of fused-ring (bicyclic) bond motifs is 1. The number of amides is 2.